The molecule has 0 spiro atoms. The number of carbonyl (C=O) groups is 1. The first-order valence-electron chi connectivity index (χ1n) is 5.95. The van der Waals surface area contributed by atoms with E-state index in [1.54, 1.807) is 23.1 Å². The molecule has 0 aromatic carbocycles. The highest BCUT2D eigenvalue weighted by molar-refractivity contribution is 7.14. The van der Waals surface area contributed by atoms with Crippen molar-refractivity contribution in [2.45, 2.75) is 13.0 Å². The van der Waals surface area contributed by atoms with Crippen LogP contribution in [0.1, 0.15) is 29.1 Å². The van der Waals surface area contributed by atoms with Gasteiger partial charge in [-0.2, -0.15) is 5.10 Å². The van der Waals surface area contributed by atoms with Crippen molar-refractivity contribution in [3.05, 3.63) is 47.0 Å². The fourth-order valence-corrected chi connectivity index (χ4v) is 2.39. The molecule has 6 nitrogen and oxygen atoms in total. The molecule has 3 aromatic heterocycles. The molecule has 0 aliphatic rings. The molecule has 3 aromatic rings. The maximum absolute atomic E-state index is 13.5. The molecule has 0 saturated carbocycles. The number of carbonyl (C=O) groups excluding carboxylic acids is 1. The quantitative estimate of drug-likeness (QED) is 0.802. The summed E-state index contributed by atoms with van der Waals surface area (Å²) in [5, 5.41) is 6.59. The van der Waals surface area contributed by atoms with Crippen molar-refractivity contribution in [3.63, 3.8) is 0 Å². The second kappa shape index (κ2) is 5.17. The third kappa shape index (κ3) is 2.59. The van der Waals surface area contributed by atoms with E-state index in [1.807, 2.05) is 0 Å². The van der Waals surface area contributed by atoms with E-state index < -0.39 is 29.3 Å². The van der Waals surface area contributed by atoms with Crippen molar-refractivity contribution >= 4 is 22.2 Å². The highest BCUT2D eigenvalue weighted by Gasteiger charge is 2.19. The molecule has 0 saturated heterocycles. The van der Waals surface area contributed by atoms with Crippen LogP contribution in [0, 0.1) is 11.6 Å². The van der Waals surface area contributed by atoms with Gasteiger partial charge in [0.2, 0.25) is 4.96 Å². The Bertz CT molecular complexity index is 786. The maximum Gasteiger partial charge on any atom is 0.273 e. The summed E-state index contributed by atoms with van der Waals surface area (Å²) in [5.74, 6) is -2.57. The molecule has 3 heterocycles. The van der Waals surface area contributed by atoms with Gasteiger partial charge >= 0.3 is 0 Å². The van der Waals surface area contributed by atoms with Crippen LogP contribution in [0.2, 0.25) is 0 Å². The molecule has 21 heavy (non-hydrogen) atoms. The molecule has 0 aliphatic heterocycles. The van der Waals surface area contributed by atoms with Gasteiger partial charge in [0.25, 0.3) is 5.91 Å². The Labute approximate surface area is 121 Å². The summed E-state index contributed by atoms with van der Waals surface area (Å²) in [7, 11) is 0. The predicted molar refractivity (Wildman–Crippen MR) is 70.9 cm³/mol. The van der Waals surface area contributed by atoms with Crippen LogP contribution in [0.25, 0.3) is 4.96 Å². The van der Waals surface area contributed by atoms with E-state index in [2.05, 4.69) is 20.4 Å². The molecular formula is C12H9F2N5OS. The number of aromatic nitrogens is 4. The van der Waals surface area contributed by atoms with Crippen molar-refractivity contribution in [3.8, 4) is 0 Å². The van der Waals surface area contributed by atoms with Gasteiger partial charge in [0.15, 0.2) is 11.5 Å². The van der Waals surface area contributed by atoms with Crippen molar-refractivity contribution in [1.29, 1.82) is 0 Å². The van der Waals surface area contributed by atoms with Crippen LogP contribution in [-0.4, -0.2) is 25.5 Å². The Morgan fingerprint density at radius 2 is 2.29 bits per heavy atom. The molecule has 1 N–H and O–H groups in total. The lowest BCUT2D eigenvalue weighted by molar-refractivity contribution is 0.0929. The van der Waals surface area contributed by atoms with Crippen LogP contribution in [0.15, 0.2) is 24.0 Å². The summed E-state index contributed by atoms with van der Waals surface area (Å²) in [6.45, 7) is 1.70. The number of pyridine rings is 1. The van der Waals surface area contributed by atoms with E-state index in [1.165, 1.54) is 11.3 Å². The monoisotopic (exact) mass is 309 g/mol. The number of nitrogens with one attached hydrogen (secondary N) is 1. The van der Waals surface area contributed by atoms with Crippen LogP contribution in [-0.2, 0) is 0 Å². The largest absolute Gasteiger partial charge is 0.342 e. The summed E-state index contributed by atoms with van der Waals surface area (Å²) in [6, 6.07) is 0.154. The Balaban J connectivity index is 1.78. The lowest BCUT2D eigenvalue weighted by Crippen LogP contribution is -2.28. The Hall–Kier alpha value is -2.42. The smallest absolute Gasteiger partial charge is 0.273 e. The number of amides is 1. The summed E-state index contributed by atoms with van der Waals surface area (Å²) >= 11 is 1.36. The van der Waals surface area contributed by atoms with Crippen LogP contribution in [0.5, 0.6) is 0 Å². The number of nitrogens with zero attached hydrogens (tertiary/aromatic N) is 4. The fourth-order valence-electron chi connectivity index (χ4n) is 1.78. The lowest BCUT2D eigenvalue weighted by atomic mass is 10.2. The standard InChI is InChI=1S/C12H9F2N5OS/c1-6(9-4-19-12(18-9)21-5-16-19)17-11(20)10-8(14)2-7(13)3-15-10/h2-6H,1H3,(H,17,20). The van der Waals surface area contributed by atoms with Crippen molar-refractivity contribution in [2.75, 3.05) is 0 Å². The Morgan fingerprint density at radius 1 is 1.48 bits per heavy atom. The zero-order valence-corrected chi connectivity index (χ0v) is 11.6. The molecular weight excluding hydrogens is 300 g/mol. The van der Waals surface area contributed by atoms with E-state index in [0.29, 0.717) is 16.7 Å². The van der Waals surface area contributed by atoms with Gasteiger partial charge in [-0.15, -0.1) is 0 Å². The van der Waals surface area contributed by atoms with Crippen LogP contribution >= 0.6 is 11.3 Å². The van der Waals surface area contributed by atoms with E-state index in [0.717, 1.165) is 6.20 Å². The number of rotatable bonds is 3. The van der Waals surface area contributed by atoms with Crippen LogP contribution in [0.3, 0.4) is 0 Å². The number of fused-ring (bicyclic) bond motifs is 1. The molecule has 1 amide bonds. The fraction of sp³-hybridized carbons (Fsp3) is 0.167. The van der Waals surface area contributed by atoms with Gasteiger partial charge in [0.1, 0.15) is 11.3 Å². The molecule has 0 aliphatic carbocycles. The van der Waals surface area contributed by atoms with Crippen molar-refractivity contribution < 1.29 is 13.6 Å². The van der Waals surface area contributed by atoms with Gasteiger partial charge in [-0.05, 0) is 6.92 Å². The average molecular weight is 309 g/mol. The first-order valence-corrected chi connectivity index (χ1v) is 6.83. The maximum atomic E-state index is 13.5. The van der Waals surface area contributed by atoms with Crippen molar-refractivity contribution in [1.82, 2.24) is 24.9 Å². The minimum atomic E-state index is -1.01. The summed E-state index contributed by atoms with van der Waals surface area (Å²) in [6.07, 6.45) is 2.46. The number of hydrogen-bond acceptors (Lipinski definition) is 5. The first-order chi connectivity index (χ1) is 10.0. The zero-order chi connectivity index (χ0) is 15.0. The lowest BCUT2D eigenvalue weighted by Gasteiger charge is -2.11. The highest BCUT2D eigenvalue weighted by atomic mass is 32.1. The van der Waals surface area contributed by atoms with Gasteiger partial charge in [-0.3, -0.25) is 4.79 Å². The third-order valence-electron chi connectivity index (χ3n) is 2.82. The van der Waals surface area contributed by atoms with E-state index in [-0.39, 0.29) is 0 Å². The highest BCUT2D eigenvalue weighted by Crippen LogP contribution is 2.16. The molecule has 1 atom stereocenters. The van der Waals surface area contributed by atoms with E-state index in [9.17, 15) is 13.6 Å². The van der Waals surface area contributed by atoms with Crippen molar-refractivity contribution in [2.24, 2.45) is 0 Å². The van der Waals surface area contributed by atoms with Gasteiger partial charge < -0.3 is 5.32 Å². The summed E-state index contributed by atoms with van der Waals surface area (Å²) in [4.78, 5) is 20.4. The van der Waals surface area contributed by atoms with Crippen LogP contribution < -0.4 is 5.32 Å². The summed E-state index contributed by atoms with van der Waals surface area (Å²) < 4.78 is 27.8. The molecule has 108 valence electrons. The predicted octanol–water partition coefficient (Wildman–Crippen LogP) is 1.96. The number of hydrogen-bond donors (Lipinski definition) is 1. The molecule has 1 unspecified atom stereocenters. The van der Waals surface area contributed by atoms with E-state index in [4.69, 9.17) is 0 Å². The molecule has 0 bridgehead atoms. The average Bonchev–Trinajstić information content (AvgIpc) is 2.98. The Morgan fingerprint density at radius 3 is 3.00 bits per heavy atom. The van der Waals surface area contributed by atoms with Gasteiger partial charge in [0, 0.05) is 6.07 Å². The SMILES string of the molecule is CC(NC(=O)c1ncc(F)cc1F)c1cn2ncsc2n1. The molecule has 3 rings (SSSR count). The second-order valence-corrected chi connectivity index (χ2v) is 5.12. The zero-order valence-electron chi connectivity index (χ0n) is 10.7. The number of halogens is 2. The normalized spacial score (nSPS) is 12.5. The van der Waals surface area contributed by atoms with Gasteiger partial charge in [-0.25, -0.2) is 23.3 Å². The topological polar surface area (TPSA) is 72.2 Å². The second-order valence-electron chi connectivity index (χ2n) is 4.31. The van der Waals surface area contributed by atoms with E-state index >= 15 is 0 Å². The van der Waals surface area contributed by atoms with Gasteiger partial charge in [0.05, 0.1) is 24.1 Å². The molecule has 9 heteroatoms. The van der Waals surface area contributed by atoms with Gasteiger partial charge in [-0.1, -0.05) is 11.3 Å². The Kier molecular flexibility index (Phi) is 3.34. The molecule has 0 fully saturated rings. The first kappa shape index (κ1) is 13.6. The minimum absolute atomic E-state index is 0.456. The summed E-state index contributed by atoms with van der Waals surface area (Å²) in [5.41, 5.74) is 1.78. The minimum Gasteiger partial charge on any atom is -0.342 e. The third-order valence-corrected chi connectivity index (χ3v) is 3.51. The number of imidazole rings is 1. The molecule has 0 radical (unpaired) electrons. The van der Waals surface area contributed by atoms with Crippen LogP contribution in [0.4, 0.5) is 8.78 Å².